The molecule has 54 heavy (non-hydrogen) atoms. The Hall–Kier alpha value is -6.58. The minimum atomic E-state index is -4.62. The van der Waals surface area contributed by atoms with Crippen molar-refractivity contribution in [1.29, 1.82) is 0 Å². The van der Waals surface area contributed by atoms with Gasteiger partial charge >= 0.3 is 12.4 Å². The number of benzene rings is 4. The van der Waals surface area contributed by atoms with E-state index in [9.17, 15) is 35.9 Å². The fourth-order valence-corrected chi connectivity index (χ4v) is 5.27. The zero-order valence-electron chi connectivity index (χ0n) is 29.1. The van der Waals surface area contributed by atoms with Gasteiger partial charge in [0.25, 0.3) is 0 Å². The first-order valence-corrected chi connectivity index (χ1v) is 15.9. The highest BCUT2D eigenvalue weighted by molar-refractivity contribution is 5.93. The van der Waals surface area contributed by atoms with Crippen LogP contribution in [0.5, 0.6) is 11.5 Å². The number of alkyl halides is 6. The first-order valence-electron chi connectivity index (χ1n) is 15.9. The van der Waals surface area contributed by atoms with Crippen LogP contribution >= 0.6 is 0 Å². The Labute approximate surface area is 304 Å². The number of carbonyl (C=O) groups excluding carboxylic acids is 2. The third-order valence-electron chi connectivity index (χ3n) is 8.27. The second-order valence-electron chi connectivity index (χ2n) is 11.8. The van der Waals surface area contributed by atoms with Crippen molar-refractivity contribution in [2.24, 2.45) is 11.5 Å². The number of hydrogen-bond donors (Lipinski definition) is 2. The van der Waals surface area contributed by atoms with Crippen LogP contribution < -0.4 is 20.9 Å². The zero-order valence-corrected chi connectivity index (χ0v) is 29.1. The molecule has 0 saturated heterocycles. The summed E-state index contributed by atoms with van der Waals surface area (Å²) >= 11 is 0. The molecule has 280 valence electrons. The van der Waals surface area contributed by atoms with Crippen molar-refractivity contribution >= 4 is 11.8 Å². The van der Waals surface area contributed by atoms with Gasteiger partial charge in [-0.25, -0.2) is 9.36 Å². The molecule has 6 rings (SSSR count). The number of ether oxygens (including phenoxy) is 2. The van der Waals surface area contributed by atoms with E-state index in [2.05, 4.69) is 10.2 Å². The summed E-state index contributed by atoms with van der Waals surface area (Å²) in [5.41, 5.74) is 13.2. The van der Waals surface area contributed by atoms with Crippen LogP contribution in [-0.4, -0.2) is 45.6 Å². The lowest BCUT2D eigenvalue weighted by Gasteiger charge is -2.11. The van der Waals surface area contributed by atoms with Crippen LogP contribution in [0.1, 0.15) is 43.2 Å². The minimum Gasteiger partial charge on any atom is -0.493 e. The van der Waals surface area contributed by atoms with Crippen molar-refractivity contribution in [2.75, 3.05) is 14.2 Å². The summed E-state index contributed by atoms with van der Waals surface area (Å²) in [5.74, 6) is -0.435. The van der Waals surface area contributed by atoms with Crippen molar-refractivity contribution < 1.29 is 45.4 Å². The van der Waals surface area contributed by atoms with E-state index in [0.29, 0.717) is 39.7 Å². The summed E-state index contributed by atoms with van der Waals surface area (Å²) in [6, 6.07) is 23.9. The highest BCUT2D eigenvalue weighted by Gasteiger charge is 2.36. The molecule has 0 fully saturated rings. The third kappa shape index (κ3) is 8.38. The predicted molar refractivity (Wildman–Crippen MR) is 188 cm³/mol. The van der Waals surface area contributed by atoms with Gasteiger partial charge in [-0.3, -0.25) is 9.59 Å². The highest BCUT2D eigenvalue weighted by atomic mass is 19.4. The molecule has 0 aliphatic heterocycles. The second-order valence-corrected chi connectivity index (χ2v) is 11.8. The molecule has 6 aromatic rings. The predicted octanol–water partition coefficient (Wildman–Crippen LogP) is 7.95. The Morgan fingerprint density at radius 1 is 0.556 bits per heavy atom. The molecule has 10 nitrogen and oxygen atoms in total. The number of aryl methyl sites for hydroxylation is 2. The van der Waals surface area contributed by atoms with Gasteiger partial charge in [-0.1, -0.05) is 12.1 Å². The molecular weight excluding hydrogens is 718 g/mol. The number of hydrogen-bond acceptors (Lipinski definition) is 6. The van der Waals surface area contributed by atoms with Gasteiger partial charge < -0.3 is 20.9 Å². The van der Waals surface area contributed by atoms with Crippen molar-refractivity contribution in [2.45, 2.75) is 26.2 Å². The van der Waals surface area contributed by atoms with Gasteiger partial charge in [-0.2, -0.15) is 36.5 Å². The van der Waals surface area contributed by atoms with Gasteiger partial charge in [0.2, 0.25) is 11.8 Å². The van der Waals surface area contributed by atoms with Crippen molar-refractivity contribution in [3.63, 3.8) is 0 Å². The highest BCUT2D eigenvalue weighted by Crippen LogP contribution is 2.37. The topological polar surface area (TPSA) is 140 Å². The maximum Gasteiger partial charge on any atom is 0.435 e. The normalized spacial score (nSPS) is 11.4. The van der Waals surface area contributed by atoms with Crippen LogP contribution in [-0.2, 0) is 12.4 Å². The minimum absolute atomic E-state index is 0.195. The Morgan fingerprint density at radius 2 is 0.963 bits per heavy atom. The summed E-state index contributed by atoms with van der Waals surface area (Å²) in [4.78, 5) is 22.4. The number of rotatable bonds is 8. The summed E-state index contributed by atoms with van der Waals surface area (Å²) in [5, 5.41) is 7.43. The van der Waals surface area contributed by atoms with E-state index in [4.69, 9.17) is 20.9 Å². The van der Waals surface area contributed by atoms with Crippen molar-refractivity contribution in [1.82, 2.24) is 19.6 Å². The van der Waals surface area contributed by atoms with Crippen LogP contribution in [0, 0.1) is 13.8 Å². The molecule has 2 heterocycles. The molecule has 4 aromatic carbocycles. The van der Waals surface area contributed by atoms with E-state index in [1.54, 1.807) is 24.3 Å². The molecule has 0 atom stereocenters. The SMILES string of the molecule is COc1ccc(-c2cc(C(F)(F)F)nn2-c2ccc(C(N)=O)cc2)cc1OC.Cc1ccc(-c2cc(C(F)(F)F)nn2-c2ccc(C(N)=O)cc2)cc1C. The van der Waals surface area contributed by atoms with E-state index in [1.807, 2.05) is 26.0 Å². The van der Waals surface area contributed by atoms with E-state index in [1.165, 1.54) is 67.4 Å². The molecule has 0 aliphatic rings. The van der Waals surface area contributed by atoms with Gasteiger partial charge in [0.05, 0.1) is 37.0 Å². The number of methoxy groups -OCH3 is 2. The van der Waals surface area contributed by atoms with Gasteiger partial charge in [0.1, 0.15) is 0 Å². The van der Waals surface area contributed by atoms with Crippen LogP contribution in [0.25, 0.3) is 33.9 Å². The zero-order chi connectivity index (χ0) is 39.5. The monoisotopic (exact) mass is 750 g/mol. The van der Waals surface area contributed by atoms with Gasteiger partial charge in [0.15, 0.2) is 22.9 Å². The lowest BCUT2D eigenvalue weighted by atomic mass is 10.0. The van der Waals surface area contributed by atoms with Crippen molar-refractivity contribution in [3.8, 4) is 45.4 Å². The number of primary amides is 2. The smallest absolute Gasteiger partial charge is 0.435 e. The van der Waals surface area contributed by atoms with E-state index >= 15 is 0 Å². The van der Waals surface area contributed by atoms with Crippen LogP contribution in [0.2, 0.25) is 0 Å². The molecule has 0 bridgehead atoms. The molecule has 2 aromatic heterocycles. The quantitative estimate of drug-likeness (QED) is 0.151. The number of amides is 2. The molecule has 0 radical (unpaired) electrons. The van der Waals surface area contributed by atoms with Crippen LogP contribution in [0.15, 0.2) is 97.1 Å². The summed E-state index contributed by atoms with van der Waals surface area (Å²) in [6.45, 7) is 3.83. The summed E-state index contributed by atoms with van der Waals surface area (Å²) in [6.07, 6.45) is -9.18. The Morgan fingerprint density at radius 3 is 1.33 bits per heavy atom. The standard InChI is InChI=1S/C19H16F3N3O3.C19H16F3N3O/c1-27-15-8-5-12(9-16(15)28-2)14-10-17(19(20,21)22)24-25(14)13-6-3-11(4-7-13)18(23)26;1-11-3-4-14(9-12(11)2)16-10-17(19(20,21)22)24-25(16)15-7-5-13(6-8-15)18(23)26/h3-10H,1-2H3,(H2,23,26);3-10H,1-2H3,(H2,23,26). The van der Waals surface area contributed by atoms with E-state index < -0.39 is 35.6 Å². The molecule has 0 aliphatic carbocycles. The third-order valence-corrected chi connectivity index (χ3v) is 8.27. The average molecular weight is 751 g/mol. The first kappa shape index (κ1) is 38.6. The fraction of sp³-hybridized carbons (Fsp3) is 0.158. The number of halogens is 6. The molecule has 4 N–H and O–H groups in total. The Kier molecular flexibility index (Phi) is 10.9. The van der Waals surface area contributed by atoms with Crippen molar-refractivity contribution in [3.05, 3.63) is 131 Å². The van der Waals surface area contributed by atoms with Crippen LogP contribution in [0.3, 0.4) is 0 Å². The second kappa shape index (κ2) is 15.2. The fourth-order valence-electron chi connectivity index (χ4n) is 5.27. The number of nitrogens with zero attached hydrogens (tertiary/aromatic N) is 4. The maximum absolute atomic E-state index is 13.3. The Balaban J connectivity index is 0.000000208. The average Bonchev–Trinajstić information content (AvgIpc) is 3.80. The molecule has 2 amide bonds. The van der Waals surface area contributed by atoms with E-state index in [-0.39, 0.29) is 16.8 Å². The summed E-state index contributed by atoms with van der Waals surface area (Å²) in [7, 11) is 2.90. The molecule has 0 spiro atoms. The number of nitrogens with two attached hydrogens (primary N) is 2. The number of carbonyl (C=O) groups is 2. The Bertz CT molecular complexity index is 2310. The number of aromatic nitrogens is 4. The molecule has 0 saturated carbocycles. The largest absolute Gasteiger partial charge is 0.493 e. The molecule has 16 heteroatoms. The van der Waals surface area contributed by atoms with Gasteiger partial charge in [-0.15, -0.1) is 0 Å². The lowest BCUT2D eigenvalue weighted by molar-refractivity contribution is -0.142. The van der Waals surface area contributed by atoms with Gasteiger partial charge in [0, 0.05) is 22.3 Å². The lowest BCUT2D eigenvalue weighted by Crippen LogP contribution is -2.11. The summed E-state index contributed by atoms with van der Waals surface area (Å²) < 4.78 is 92.1. The van der Waals surface area contributed by atoms with E-state index in [0.717, 1.165) is 27.9 Å². The maximum atomic E-state index is 13.3. The molecular formula is C38H32F6N6O4. The van der Waals surface area contributed by atoms with Gasteiger partial charge in [-0.05, 0) is 110 Å². The molecule has 0 unspecified atom stereocenters. The van der Waals surface area contributed by atoms with Crippen LogP contribution in [0.4, 0.5) is 26.3 Å². The first-order chi connectivity index (χ1) is 25.4.